The molecule has 19 heavy (non-hydrogen) atoms. The molecule has 1 fully saturated rings. The molecule has 0 bridgehead atoms. The molecule has 1 heterocycles. The Kier molecular flexibility index (Phi) is 4.41. The topological polar surface area (TPSA) is 38.0 Å². The van der Waals surface area contributed by atoms with Gasteiger partial charge in [-0.3, -0.25) is 4.68 Å². The third-order valence-corrected chi connectivity index (χ3v) is 5.14. The molecule has 0 aromatic carbocycles. The summed E-state index contributed by atoms with van der Waals surface area (Å²) in [7, 11) is 0. The zero-order valence-electron chi connectivity index (χ0n) is 12.4. The van der Waals surface area contributed by atoms with Gasteiger partial charge in [-0.15, -0.1) is 0 Å². The Morgan fingerprint density at radius 1 is 1.42 bits per heavy atom. The molecule has 2 atom stereocenters. The van der Waals surface area contributed by atoms with Gasteiger partial charge in [0.1, 0.15) is 6.10 Å². The molecule has 0 aliphatic heterocycles. The number of hydrogen-bond donors (Lipinski definition) is 1. The molecular formula is C15H25BrN2O. The lowest BCUT2D eigenvalue weighted by atomic mass is 9.66. The molecular weight excluding hydrogens is 304 g/mol. The number of aliphatic hydroxyl groups is 1. The second kappa shape index (κ2) is 5.57. The van der Waals surface area contributed by atoms with E-state index in [0.717, 1.165) is 16.6 Å². The normalized spacial score (nSPS) is 24.7. The Balaban J connectivity index is 2.33. The molecule has 0 saturated heterocycles. The van der Waals surface area contributed by atoms with Gasteiger partial charge in [0.25, 0.3) is 0 Å². The van der Waals surface area contributed by atoms with E-state index in [4.69, 9.17) is 0 Å². The summed E-state index contributed by atoms with van der Waals surface area (Å²) in [5.41, 5.74) is 1.14. The predicted molar refractivity (Wildman–Crippen MR) is 81.0 cm³/mol. The first-order chi connectivity index (χ1) is 8.84. The van der Waals surface area contributed by atoms with Crippen LogP contribution in [0, 0.1) is 11.3 Å². The van der Waals surface area contributed by atoms with Crippen LogP contribution in [0.3, 0.4) is 0 Å². The maximum absolute atomic E-state index is 10.9. The van der Waals surface area contributed by atoms with Crippen LogP contribution in [-0.4, -0.2) is 14.9 Å². The summed E-state index contributed by atoms with van der Waals surface area (Å²) in [6.07, 6.45) is 6.16. The van der Waals surface area contributed by atoms with Crippen molar-refractivity contribution >= 4 is 15.9 Å². The van der Waals surface area contributed by atoms with E-state index in [1.165, 1.54) is 19.3 Å². The SMILES string of the molecule is CC(C)n1ncc(Br)c1C(O)C1CCCCC1(C)C. The van der Waals surface area contributed by atoms with Crippen LogP contribution in [0.25, 0.3) is 0 Å². The van der Waals surface area contributed by atoms with Gasteiger partial charge >= 0.3 is 0 Å². The van der Waals surface area contributed by atoms with Gasteiger partial charge in [-0.1, -0.05) is 26.7 Å². The van der Waals surface area contributed by atoms with Crippen LogP contribution in [0.2, 0.25) is 0 Å². The van der Waals surface area contributed by atoms with Gasteiger partial charge in [0.15, 0.2) is 0 Å². The highest BCUT2D eigenvalue weighted by Gasteiger charge is 2.39. The summed E-state index contributed by atoms with van der Waals surface area (Å²) in [6.45, 7) is 8.76. The zero-order chi connectivity index (χ0) is 14.2. The highest BCUT2D eigenvalue weighted by Crippen LogP contribution is 2.47. The van der Waals surface area contributed by atoms with Crippen LogP contribution in [0.5, 0.6) is 0 Å². The van der Waals surface area contributed by atoms with E-state index in [-0.39, 0.29) is 11.5 Å². The number of halogens is 1. The number of nitrogens with zero attached hydrogens (tertiary/aromatic N) is 2. The average Bonchev–Trinajstić information content (AvgIpc) is 2.70. The van der Waals surface area contributed by atoms with E-state index in [1.807, 2.05) is 4.68 Å². The van der Waals surface area contributed by atoms with Crippen LogP contribution in [0.15, 0.2) is 10.7 Å². The molecule has 2 rings (SSSR count). The van der Waals surface area contributed by atoms with Crippen molar-refractivity contribution in [3.63, 3.8) is 0 Å². The van der Waals surface area contributed by atoms with E-state index in [0.29, 0.717) is 5.92 Å². The Morgan fingerprint density at radius 2 is 2.11 bits per heavy atom. The third kappa shape index (κ3) is 2.89. The highest BCUT2D eigenvalue weighted by molar-refractivity contribution is 9.10. The van der Waals surface area contributed by atoms with Gasteiger partial charge in [0.05, 0.1) is 16.4 Å². The molecule has 108 valence electrons. The van der Waals surface area contributed by atoms with Gasteiger partial charge in [-0.2, -0.15) is 5.10 Å². The molecule has 1 aliphatic carbocycles. The molecule has 4 heteroatoms. The predicted octanol–water partition coefficient (Wildman–Crippen LogP) is 4.48. The fraction of sp³-hybridized carbons (Fsp3) is 0.800. The van der Waals surface area contributed by atoms with Crippen LogP contribution >= 0.6 is 15.9 Å². The summed E-state index contributed by atoms with van der Waals surface area (Å²) in [6, 6.07) is 0.266. The average molecular weight is 329 g/mol. The zero-order valence-corrected chi connectivity index (χ0v) is 13.9. The number of rotatable bonds is 3. The maximum atomic E-state index is 10.9. The maximum Gasteiger partial charge on any atom is 0.100 e. The summed E-state index contributed by atoms with van der Waals surface area (Å²) in [5, 5.41) is 15.3. The van der Waals surface area contributed by atoms with E-state index in [2.05, 4.69) is 48.7 Å². The molecule has 1 aromatic rings. The molecule has 1 aliphatic rings. The van der Waals surface area contributed by atoms with Crippen molar-refractivity contribution in [3.05, 3.63) is 16.4 Å². The fourth-order valence-corrected chi connectivity index (χ4v) is 3.84. The molecule has 1 saturated carbocycles. The number of aromatic nitrogens is 2. The van der Waals surface area contributed by atoms with Crippen molar-refractivity contribution in [2.24, 2.45) is 11.3 Å². The monoisotopic (exact) mass is 328 g/mol. The summed E-state index contributed by atoms with van der Waals surface area (Å²) < 4.78 is 2.87. The van der Waals surface area contributed by atoms with E-state index in [9.17, 15) is 5.11 Å². The minimum Gasteiger partial charge on any atom is -0.386 e. The minimum atomic E-state index is -0.436. The Bertz CT molecular complexity index is 439. The molecule has 1 N–H and O–H groups in total. The second-order valence-electron chi connectivity index (χ2n) is 6.70. The minimum absolute atomic E-state index is 0.198. The lowest BCUT2D eigenvalue weighted by molar-refractivity contribution is -0.00202. The van der Waals surface area contributed by atoms with Crippen molar-refractivity contribution in [2.45, 2.75) is 65.5 Å². The van der Waals surface area contributed by atoms with Crippen LogP contribution in [-0.2, 0) is 0 Å². The van der Waals surface area contributed by atoms with E-state index in [1.54, 1.807) is 6.20 Å². The number of hydrogen-bond acceptors (Lipinski definition) is 2. The standard InChI is InChI=1S/C15H25BrN2O/c1-10(2)18-13(12(16)9-17-18)14(19)11-7-5-6-8-15(11,3)4/h9-11,14,19H,5-8H2,1-4H3. The molecule has 3 nitrogen and oxygen atoms in total. The Morgan fingerprint density at radius 3 is 2.68 bits per heavy atom. The molecule has 0 spiro atoms. The van der Waals surface area contributed by atoms with Crippen LogP contribution in [0.1, 0.15) is 71.2 Å². The first-order valence-corrected chi connectivity index (χ1v) is 8.05. The van der Waals surface area contributed by atoms with Gasteiger partial charge in [0, 0.05) is 6.04 Å². The van der Waals surface area contributed by atoms with E-state index >= 15 is 0 Å². The Hall–Kier alpha value is -0.350. The van der Waals surface area contributed by atoms with Crippen LogP contribution in [0.4, 0.5) is 0 Å². The second-order valence-corrected chi connectivity index (χ2v) is 7.56. The van der Waals surface area contributed by atoms with Crippen molar-refractivity contribution in [3.8, 4) is 0 Å². The lowest BCUT2D eigenvalue weighted by Gasteiger charge is -2.41. The molecule has 0 radical (unpaired) electrons. The lowest BCUT2D eigenvalue weighted by Crippen LogP contribution is -2.33. The van der Waals surface area contributed by atoms with Crippen LogP contribution < -0.4 is 0 Å². The van der Waals surface area contributed by atoms with Crippen molar-refractivity contribution < 1.29 is 5.11 Å². The number of aliphatic hydroxyl groups excluding tert-OH is 1. The Labute approximate surface area is 124 Å². The molecule has 1 aromatic heterocycles. The fourth-order valence-electron chi connectivity index (χ4n) is 3.34. The third-order valence-electron chi connectivity index (χ3n) is 4.53. The molecule has 0 amide bonds. The van der Waals surface area contributed by atoms with E-state index < -0.39 is 6.10 Å². The van der Waals surface area contributed by atoms with Gasteiger partial charge in [-0.25, -0.2) is 0 Å². The van der Waals surface area contributed by atoms with Gasteiger partial charge in [-0.05, 0) is 54.0 Å². The van der Waals surface area contributed by atoms with Gasteiger partial charge in [0.2, 0.25) is 0 Å². The van der Waals surface area contributed by atoms with Crippen molar-refractivity contribution in [2.75, 3.05) is 0 Å². The first kappa shape index (κ1) is 15.0. The first-order valence-electron chi connectivity index (χ1n) is 7.25. The highest BCUT2D eigenvalue weighted by atomic mass is 79.9. The smallest absolute Gasteiger partial charge is 0.100 e. The van der Waals surface area contributed by atoms with Gasteiger partial charge < -0.3 is 5.11 Å². The summed E-state index contributed by atoms with van der Waals surface area (Å²) in [4.78, 5) is 0. The van der Waals surface area contributed by atoms with Crippen molar-refractivity contribution in [1.82, 2.24) is 9.78 Å². The largest absolute Gasteiger partial charge is 0.386 e. The quantitative estimate of drug-likeness (QED) is 0.888. The summed E-state index contributed by atoms with van der Waals surface area (Å²) >= 11 is 3.55. The summed E-state index contributed by atoms with van der Waals surface area (Å²) in [5.74, 6) is 0.312. The molecule has 2 unspecified atom stereocenters. The van der Waals surface area contributed by atoms with Crippen molar-refractivity contribution in [1.29, 1.82) is 0 Å².